The second-order valence-corrected chi connectivity index (χ2v) is 5.04. The molecule has 0 aromatic heterocycles. The van der Waals surface area contributed by atoms with Crippen LogP contribution in [0.25, 0.3) is 0 Å². The second kappa shape index (κ2) is 11.2. The van der Waals surface area contributed by atoms with E-state index in [-0.39, 0.29) is 24.4 Å². The van der Waals surface area contributed by atoms with E-state index < -0.39 is 0 Å². The Bertz CT molecular complexity index is 453. The lowest BCUT2D eigenvalue weighted by Gasteiger charge is -2.14. The number of nitrogens with one attached hydrogen (secondary N) is 2. The topological polar surface area (TPSA) is 59.6 Å². The van der Waals surface area contributed by atoms with Gasteiger partial charge in [-0.1, -0.05) is 6.92 Å². The van der Waals surface area contributed by atoms with Crippen LogP contribution >= 0.6 is 12.4 Å². The second-order valence-electron chi connectivity index (χ2n) is 5.04. The maximum Gasteiger partial charge on any atom is 0.251 e. The Hall–Kier alpha value is -1.46. The zero-order chi connectivity index (χ0) is 15.7. The summed E-state index contributed by atoms with van der Waals surface area (Å²) in [5, 5.41) is 6.11. The molecule has 1 rings (SSSR count). The van der Waals surface area contributed by atoms with Crippen LogP contribution < -0.4 is 20.1 Å². The summed E-state index contributed by atoms with van der Waals surface area (Å²) in [5.74, 6) is 1.11. The number of benzene rings is 1. The average Bonchev–Trinajstić information content (AvgIpc) is 2.46. The van der Waals surface area contributed by atoms with Gasteiger partial charge in [-0.05, 0) is 45.0 Å². The third kappa shape index (κ3) is 7.00. The van der Waals surface area contributed by atoms with Crippen LogP contribution in [-0.2, 0) is 0 Å². The van der Waals surface area contributed by atoms with Crippen molar-refractivity contribution in [1.29, 1.82) is 0 Å². The van der Waals surface area contributed by atoms with Gasteiger partial charge >= 0.3 is 0 Å². The van der Waals surface area contributed by atoms with Gasteiger partial charge in [-0.2, -0.15) is 0 Å². The molecule has 0 aliphatic carbocycles. The maximum absolute atomic E-state index is 12.0. The van der Waals surface area contributed by atoms with E-state index in [1.54, 1.807) is 25.3 Å². The van der Waals surface area contributed by atoms with Gasteiger partial charge in [-0.25, -0.2) is 0 Å². The lowest BCUT2D eigenvalue weighted by molar-refractivity contribution is 0.0953. The van der Waals surface area contributed by atoms with Gasteiger partial charge in [0, 0.05) is 18.7 Å². The number of hydrogen-bond acceptors (Lipinski definition) is 4. The first-order chi connectivity index (χ1) is 10.1. The zero-order valence-electron chi connectivity index (χ0n) is 13.8. The van der Waals surface area contributed by atoms with Crippen molar-refractivity contribution in [3.63, 3.8) is 0 Å². The van der Waals surface area contributed by atoms with Gasteiger partial charge in [-0.15, -0.1) is 12.4 Å². The Morgan fingerprint density at radius 2 is 1.91 bits per heavy atom. The van der Waals surface area contributed by atoms with Crippen LogP contribution in [0.2, 0.25) is 0 Å². The van der Waals surface area contributed by atoms with E-state index >= 15 is 0 Å². The van der Waals surface area contributed by atoms with E-state index in [9.17, 15) is 4.79 Å². The Kier molecular flexibility index (Phi) is 10.4. The lowest BCUT2D eigenvalue weighted by Crippen LogP contribution is -2.32. The van der Waals surface area contributed by atoms with Crippen molar-refractivity contribution in [2.45, 2.75) is 33.3 Å². The fraction of sp³-hybridized carbons (Fsp3) is 0.562. The number of carbonyl (C=O) groups excluding carboxylic acids is 1. The third-order valence-corrected chi connectivity index (χ3v) is 2.80. The van der Waals surface area contributed by atoms with Crippen LogP contribution in [-0.4, -0.2) is 38.8 Å². The largest absolute Gasteiger partial charge is 0.493 e. The number of halogens is 1. The molecule has 0 radical (unpaired) electrons. The summed E-state index contributed by atoms with van der Waals surface area (Å²) in [5.41, 5.74) is 0.568. The molecular formula is C16H27ClN2O3. The Morgan fingerprint density at radius 3 is 2.50 bits per heavy atom. The van der Waals surface area contributed by atoms with Crippen molar-refractivity contribution < 1.29 is 14.3 Å². The first-order valence-corrected chi connectivity index (χ1v) is 7.42. The summed E-state index contributed by atoms with van der Waals surface area (Å²) in [6.07, 6.45) is 1.14. The van der Waals surface area contributed by atoms with Crippen LogP contribution in [0.5, 0.6) is 11.5 Å². The predicted molar refractivity (Wildman–Crippen MR) is 91.5 cm³/mol. The van der Waals surface area contributed by atoms with E-state index in [0.29, 0.717) is 23.6 Å². The van der Waals surface area contributed by atoms with Gasteiger partial charge in [0.15, 0.2) is 11.5 Å². The van der Waals surface area contributed by atoms with Gasteiger partial charge in [0.25, 0.3) is 5.91 Å². The maximum atomic E-state index is 12.0. The summed E-state index contributed by atoms with van der Waals surface area (Å²) < 4.78 is 10.9. The first kappa shape index (κ1) is 20.5. The van der Waals surface area contributed by atoms with Crippen LogP contribution in [0, 0.1) is 0 Å². The van der Waals surface area contributed by atoms with Gasteiger partial charge in [0.2, 0.25) is 0 Å². The van der Waals surface area contributed by atoms with Crippen LogP contribution in [0.3, 0.4) is 0 Å². The lowest BCUT2D eigenvalue weighted by atomic mass is 10.2. The van der Waals surface area contributed by atoms with Crippen molar-refractivity contribution in [3.8, 4) is 11.5 Å². The Morgan fingerprint density at radius 1 is 1.18 bits per heavy atom. The predicted octanol–water partition coefficient (Wildman–Crippen LogP) is 2.63. The summed E-state index contributed by atoms with van der Waals surface area (Å²) in [6.45, 7) is 8.34. The molecule has 0 fully saturated rings. The summed E-state index contributed by atoms with van der Waals surface area (Å²) in [7, 11) is 1.57. The van der Waals surface area contributed by atoms with Gasteiger partial charge in [0.05, 0.1) is 13.2 Å². The highest BCUT2D eigenvalue weighted by atomic mass is 35.5. The molecule has 0 saturated carbocycles. The molecule has 0 aliphatic heterocycles. The molecule has 5 nitrogen and oxygen atoms in total. The first-order valence-electron chi connectivity index (χ1n) is 7.42. The molecule has 1 amide bonds. The van der Waals surface area contributed by atoms with Crippen molar-refractivity contribution in [2.75, 3.05) is 26.7 Å². The summed E-state index contributed by atoms with van der Waals surface area (Å²) in [4.78, 5) is 12.0. The summed E-state index contributed by atoms with van der Waals surface area (Å²) >= 11 is 0. The number of hydrogen-bond donors (Lipinski definition) is 2. The molecule has 0 spiro atoms. The minimum absolute atomic E-state index is 0. The molecule has 0 heterocycles. The number of ether oxygens (including phenoxy) is 2. The highest BCUT2D eigenvalue weighted by Gasteiger charge is 2.11. The molecule has 0 unspecified atom stereocenters. The molecule has 126 valence electrons. The van der Waals surface area contributed by atoms with Crippen LogP contribution in [0.1, 0.15) is 37.6 Å². The van der Waals surface area contributed by atoms with E-state index in [1.165, 1.54) is 0 Å². The SMILES string of the molecule is CCCNCCNC(=O)c1ccc(OC(C)C)c(OC)c1.Cl. The monoisotopic (exact) mass is 330 g/mol. The molecule has 2 N–H and O–H groups in total. The number of amides is 1. The molecule has 0 saturated heterocycles. The highest BCUT2D eigenvalue weighted by molar-refractivity contribution is 5.94. The number of methoxy groups -OCH3 is 1. The molecule has 0 atom stereocenters. The summed E-state index contributed by atoms with van der Waals surface area (Å²) in [6, 6.07) is 5.21. The molecule has 1 aromatic carbocycles. The van der Waals surface area contributed by atoms with Gasteiger partial charge < -0.3 is 20.1 Å². The van der Waals surface area contributed by atoms with Crippen molar-refractivity contribution in [3.05, 3.63) is 23.8 Å². The highest BCUT2D eigenvalue weighted by Crippen LogP contribution is 2.28. The molecule has 1 aromatic rings. The fourth-order valence-electron chi connectivity index (χ4n) is 1.83. The molecule has 0 aliphatic rings. The van der Waals surface area contributed by atoms with E-state index in [0.717, 1.165) is 19.5 Å². The van der Waals surface area contributed by atoms with Crippen LogP contribution in [0.15, 0.2) is 18.2 Å². The van der Waals surface area contributed by atoms with Crippen molar-refractivity contribution in [2.24, 2.45) is 0 Å². The van der Waals surface area contributed by atoms with Crippen molar-refractivity contribution >= 4 is 18.3 Å². The molecule has 6 heteroatoms. The van der Waals surface area contributed by atoms with Gasteiger partial charge in [-0.3, -0.25) is 4.79 Å². The van der Waals surface area contributed by atoms with Crippen LogP contribution in [0.4, 0.5) is 0 Å². The fourth-order valence-corrected chi connectivity index (χ4v) is 1.83. The normalized spacial score (nSPS) is 10.0. The molecular weight excluding hydrogens is 304 g/mol. The van der Waals surface area contributed by atoms with E-state index in [4.69, 9.17) is 9.47 Å². The Labute approximate surface area is 139 Å². The Balaban J connectivity index is 0.00000441. The quantitative estimate of drug-likeness (QED) is 0.683. The third-order valence-electron chi connectivity index (χ3n) is 2.80. The van der Waals surface area contributed by atoms with Gasteiger partial charge in [0.1, 0.15) is 0 Å². The molecule has 0 bridgehead atoms. The van der Waals surface area contributed by atoms with Crippen molar-refractivity contribution in [1.82, 2.24) is 10.6 Å². The average molecular weight is 331 g/mol. The number of rotatable bonds is 9. The standard InChI is InChI=1S/C16H26N2O3.ClH/c1-5-8-17-9-10-18-16(19)13-6-7-14(21-12(2)3)15(11-13)20-4;/h6-7,11-12,17H,5,8-10H2,1-4H3,(H,18,19);1H. The smallest absolute Gasteiger partial charge is 0.251 e. The molecule has 22 heavy (non-hydrogen) atoms. The number of carbonyl (C=O) groups is 1. The zero-order valence-corrected chi connectivity index (χ0v) is 14.6. The van der Waals surface area contributed by atoms with E-state index in [1.807, 2.05) is 13.8 Å². The minimum atomic E-state index is -0.109. The minimum Gasteiger partial charge on any atom is -0.493 e. The van der Waals surface area contributed by atoms with E-state index in [2.05, 4.69) is 17.6 Å².